The first-order chi connectivity index (χ1) is 6.93. The average molecular weight is 211 g/mol. The Morgan fingerprint density at radius 2 is 2.13 bits per heavy atom. The molecule has 0 aliphatic heterocycles. The molecule has 0 saturated heterocycles. The van der Waals surface area contributed by atoms with E-state index in [0.717, 1.165) is 6.42 Å². The van der Waals surface area contributed by atoms with Crippen molar-refractivity contribution in [1.29, 1.82) is 0 Å². The van der Waals surface area contributed by atoms with E-state index in [9.17, 15) is 10.2 Å². The van der Waals surface area contributed by atoms with Crippen molar-refractivity contribution >= 4 is 0 Å². The third-order valence-corrected chi connectivity index (χ3v) is 4.55. The Hall–Kier alpha value is -0.770. The number of aliphatic hydroxyl groups excluding tert-OH is 1. The van der Waals surface area contributed by atoms with Crippen LogP contribution < -0.4 is 0 Å². The van der Waals surface area contributed by atoms with Gasteiger partial charge in [0.05, 0.1) is 18.2 Å². The monoisotopic (exact) mass is 211 g/mol. The van der Waals surface area contributed by atoms with E-state index in [1.807, 2.05) is 0 Å². The normalized spacial score (nSPS) is 46.5. The number of azide groups is 1. The van der Waals surface area contributed by atoms with Crippen LogP contribution >= 0.6 is 0 Å². The molecule has 0 aromatic rings. The van der Waals surface area contributed by atoms with Gasteiger partial charge in [-0.15, -0.1) is 0 Å². The Morgan fingerprint density at radius 1 is 1.47 bits per heavy atom. The molecular weight excluding hydrogens is 194 g/mol. The summed E-state index contributed by atoms with van der Waals surface area (Å²) in [7, 11) is 0. The zero-order valence-corrected chi connectivity index (χ0v) is 9.09. The van der Waals surface area contributed by atoms with E-state index in [1.165, 1.54) is 0 Å². The molecule has 0 unspecified atom stereocenters. The number of aliphatic hydroxyl groups is 2. The summed E-state index contributed by atoms with van der Waals surface area (Å²) in [6.07, 6.45) is 0.794. The van der Waals surface area contributed by atoms with Crippen LogP contribution in [-0.2, 0) is 0 Å². The van der Waals surface area contributed by atoms with Crippen LogP contribution in [0.4, 0.5) is 0 Å². The molecule has 84 valence electrons. The SMILES string of the molecule is CC1(C)[C@@H]2C[C@H]1[C@](O)(CN=[N+]=[N-])[C@@H](O)C2. The number of fused-ring (bicyclic) bond motifs is 2. The lowest BCUT2D eigenvalue weighted by Crippen LogP contribution is -2.68. The van der Waals surface area contributed by atoms with E-state index >= 15 is 0 Å². The second-order valence-corrected chi connectivity index (χ2v) is 5.44. The fourth-order valence-electron chi connectivity index (χ4n) is 3.33. The molecule has 0 spiro atoms. The van der Waals surface area contributed by atoms with Crippen molar-refractivity contribution in [1.82, 2.24) is 0 Å². The lowest BCUT2D eigenvalue weighted by Gasteiger charge is -2.64. The fraction of sp³-hybridized carbons (Fsp3) is 1.00. The van der Waals surface area contributed by atoms with E-state index in [0.29, 0.717) is 12.3 Å². The van der Waals surface area contributed by atoms with Gasteiger partial charge in [-0.2, -0.15) is 0 Å². The lowest BCUT2D eigenvalue weighted by atomic mass is 9.43. The largest absolute Gasteiger partial charge is 0.390 e. The molecule has 5 heteroatoms. The van der Waals surface area contributed by atoms with Crippen LogP contribution in [0.15, 0.2) is 5.11 Å². The number of hydrogen-bond acceptors (Lipinski definition) is 3. The first-order valence-electron chi connectivity index (χ1n) is 5.34. The molecule has 15 heavy (non-hydrogen) atoms. The maximum atomic E-state index is 10.4. The summed E-state index contributed by atoms with van der Waals surface area (Å²) in [6, 6.07) is 0. The van der Waals surface area contributed by atoms with Gasteiger partial charge in [-0.1, -0.05) is 19.0 Å². The van der Waals surface area contributed by atoms with Crippen molar-refractivity contribution in [3.8, 4) is 0 Å². The number of hydrogen-bond donors (Lipinski definition) is 2. The van der Waals surface area contributed by atoms with Crippen LogP contribution in [-0.4, -0.2) is 28.5 Å². The standard InChI is InChI=1S/C10H17N3O2/c1-9(2)6-3-7(9)10(15,5-12-13-11)8(14)4-6/h6-8,14-15H,3-5H2,1-2H3/t6-,7-,8+,10-/m1/s1. The predicted octanol–water partition coefficient (Wildman–Crippen LogP) is 1.45. The molecular formula is C10H17N3O2. The van der Waals surface area contributed by atoms with Crippen molar-refractivity contribution in [2.45, 2.75) is 38.4 Å². The third kappa shape index (κ3) is 1.27. The highest BCUT2D eigenvalue weighted by Crippen LogP contribution is 2.62. The Morgan fingerprint density at radius 3 is 2.67 bits per heavy atom. The second-order valence-electron chi connectivity index (χ2n) is 5.44. The van der Waals surface area contributed by atoms with Gasteiger partial charge >= 0.3 is 0 Å². The molecule has 5 nitrogen and oxygen atoms in total. The molecule has 2 bridgehead atoms. The topological polar surface area (TPSA) is 89.2 Å². The average Bonchev–Trinajstić information content (AvgIpc) is 2.18. The quantitative estimate of drug-likeness (QED) is 0.411. The summed E-state index contributed by atoms with van der Waals surface area (Å²) in [5, 5.41) is 23.7. The molecule has 3 saturated carbocycles. The first kappa shape index (κ1) is 10.7. The van der Waals surface area contributed by atoms with Crippen LogP contribution in [0.3, 0.4) is 0 Å². The van der Waals surface area contributed by atoms with Crippen LogP contribution in [0.5, 0.6) is 0 Å². The minimum Gasteiger partial charge on any atom is -0.390 e. The Kier molecular flexibility index (Phi) is 2.23. The first-order valence-corrected chi connectivity index (χ1v) is 5.34. The van der Waals surface area contributed by atoms with Gasteiger partial charge in [0, 0.05) is 4.91 Å². The van der Waals surface area contributed by atoms with E-state index in [4.69, 9.17) is 5.53 Å². The molecule has 0 aromatic heterocycles. The summed E-state index contributed by atoms with van der Waals surface area (Å²) in [6.45, 7) is 4.20. The molecule has 2 N–H and O–H groups in total. The van der Waals surface area contributed by atoms with Crippen molar-refractivity contribution < 1.29 is 10.2 Å². The summed E-state index contributed by atoms with van der Waals surface area (Å²) in [5.74, 6) is 0.535. The predicted molar refractivity (Wildman–Crippen MR) is 55.0 cm³/mol. The molecule has 0 aromatic carbocycles. The minimum atomic E-state index is -1.22. The van der Waals surface area contributed by atoms with Gasteiger partial charge in [-0.25, -0.2) is 0 Å². The van der Waals surface area contributed by atoms with E-state index in [1.54, 1.807) is 0 Å². The zero-order valence-electron chi connectivity index (χ0n) is 9.09. The van der Waals surface area contributed by atoms with Crippen molar-refractivity contribution in [2.75, 3.05) is 6.54 Å². The van der Waals surface area contributed by atoms with Crippen LogP contribution in [0.1, 0.15) is 26.7 Å². The highest BCUT2D eigenvalue weighted by Gasteiger charge is 2.64. The van der Waals surface area contributed by atoms with E-state index < -0.39 is 11.7 Å². The smallest absolute Gasteiger partial charge is 0.0994 e. The van der Waals surface area contributed by atoms with Gasteiger partial charge in [0.2, 0.25) is 0 Å². The van der Waals surface area contributed by atoms with Crippen molar-refractivity contribution in [3.05, 3.63) is 10.4 Å². The summed E-state index contributed by atoms with van der Waals surface area (Å²) >= 11 is 0. The maximum absolute atomic E-state index is 10.4. The van der Waals surface area contributed by atoms with E-state index in [-0.39, 0.29) is 17.9 Å². The van der Waals surface area contributed by atoms with Crippen LogP contribution in [0, 0.1) is 17.3 Å². The van der Waals surface area contributed by atoms with Crippen molar-refractivity contribution in [3.63, 3.8) is 0 Å². The van der Waals surface area contributed by atoms with Gasteiger partial charge in [-0.05, 0) is 35.6 Å². The summed E-state index contributed by atoms with van der Waals surface area (Å²) < 4.78 is 0. The van der Waals surface area contributed by atoms with Crippen molar-refractivity contribution in [2.24, 2.45) is 22.4 Å². The Balaban J connectivity index is 2.25. The van der Waals surface area contributed by atoms with Gasteiger partial charge in [-0.3, -0.25) is 0 Å². The molecule has 0 amide bonds. The van der Waals surface area contributed by atoms with Gasteiger partial charge in [0.25, 0.3) is 0 Å². The maximum Gasteiger partial charge on any atom is 0.0994 e. The molecule has 3 rings (SSSR count). The Labute approximate surface area is 88.7 Å². The van der Waals surface area contributed by atoms with Gasteiger partial charge < -0.3 is 10.2 Å². The zero-order chi connectivity index (χ0) is 11.3. The highest BCUT2D eigenvalue weighted by molar-refractivity contribution is 5.14. The van der Waals surface area contributed by atoms with Gasteiger partial charge in [0.15, 0.2) is 0 Å². The highest BCUT2D eigenvalue weighted by atomic mass is 16.3. The van der Waals surface area contributed by atoms with Crippen LogP contribution in [0.25, 0.3) is 10.4 Å². The summed E-state index contributed by atoms with van der Waals surface area (Å²) in [5.41, 5.74) is 7.13. The number of rotatable bonds is 2. The summed E-state index contributed by atoms with van der Waals surface area (Å²) in [4.78, 5) is 2.66. The molecule has 4 atom stereocenters. The molecule has 3 aliphatic carbocycles. The molecule has 3 aliphatic rings. The second kappa shape index (κ2) is 3.11. The molecule has 0 heterocycles. The van der Waals surface area contributed by atoms with Crippen LogP contribution in [0.2, 0.25) is 0 Å². The minimum absolute atomic E-state index is 0.0223. The molecule has 0 radical (unpaired) electrons. The fourth-order valence-corrected chi connectivity index (χ4v) is 3.33. The van der Waals surface area contributed by atoms with Gasteiger partial charge in [0.1, 0.15) is 0 Å². The molecule has 3 fully saturated rings. The third-order valence-electron chi connectivity index (χ3n) is 4.55. The number of nitrogens with zero attached hydrogens (tertiary/aromatic N) is 3. The Bertz CT molecular complexity index is 325. The lowest BCUT2D eigenvalue weighted by molar-refractivity contribution is -0.248. The van der Waals surface area contributed by atoms with E-state index in [2.05, 4.69) is 23.9 Å².